The maximum atomic E-state index is 14.7. The normalized spacial score (nSPS) is 27.7. The van der Waals surface area contributed by atoms with Gasteiger partial charge in [0.2, 0.25) is 0 Å². The highest BCUT2D eigenvalue weighted by molar-refractivity contribution is 5.83. The Morgan fingerprint density at radius 1 is 1.14 bits per heavy atom. The van der Waals surface area contributed by atoms with Gasteiger partial charge in [0.25, 0.3) is 0 Å². The molecular formula is C18H22FNO. The summed E-state index contributed by atoms with van der Waals surface area (Å²) in [4.78, 5) is 0. The summed E-state index contributed by atoms with van der Waals surface area (Å²) in [7, 11) is 0. The van der Waals surface area contributed by atoms with Crippen LogP contribution < -0.4 is 5.73 Å². The molecule has 0 aromatic heterocycles. The van der Waals surface area contributed by atoms with E-state index < -0.39 is 11.6 Å². The van der Waals surface area contributed by atoms with E-state index in [1.54, 1.807) is 0 Å². The minimum absolute atomic E-state index is 0.0307. The molecule has 1 fully saturated rings. The van der Waals surface area contributed by atoms with Crippen molar-refractivity contribution in [2.75, 3.05) is 6.54 Å². The molecule has 3 rings (SSSR count). The first kappa shape index (κ1) is 14.5. The molecule has 0 spiro atoms. The van der Waals surface area contributed by atoms with E-state index in [0.717, 1.165) is 16.3 Å². The SMILES string of the molecule is NCC(F)C1(c2ccc3ccccc3c2)CCC(O)CC1. The van der Waals surface area contributed by atoms with Gasteiger partial charge in [0.05, 0.1) is 6.10 Å². The minimum Gasteiger partial charge on any atom is -0.393 e. The molecule has 0 radical (unpaired) electrons. The van der Waals surface area contributed by atoms with Crippen molar-refractivity contribution in [2.45, 2.75) is 43.4 Å². The summed E-state index contributed by atoms with van der Waals surface area (Å²) in [6.45, 7) is 0.0307. The van der Waals surface area contributed by atoms with E-state index in [9.17, 15) is 9.50 Å². The van der Waals surface area contributed by atoms with Crippen molar-refractivity contribution in [2.24, 2.45) is 5.73 Å². The van der Waals surface area contributed by atoms with Crippen molar-refractivity contribution in [1.29, 1.82) is 0 Å². The molecular weight excluding hydrogens is 265 g/mol. The first-order valence-electron chi connectivity index (χ1n) is 7.67. The van der Waals surface area contributed by atoms with Crippen LogP contribution in [0.15, 0.2) is 42.5 Å². The van der Waals surface area contributed by atoms with Crippen LogP contribution >= 0.6 is 0 Å². The highest BCUT2D eigenvalue weighted by Crippen LogP contribution is 2.44. The number of hydrogen-bond acceptors (Lipinski definition) is 2. The van der Waals surface area contributed by atoms with Gasteiger partial charge in [-0.15, -0.1) is 0 Å². The Morgan fingerprint density at radius 2 is 1.81 bits per heavy atom. The van der Waals surface area contributed by atoms with Crippen LogP contribution in [0.4, 0.5) is 4.39 Å². The molecule has 0 aliphatic heterocycles. The van der Waals surface area contributed by atoms with Crippen LogP contribution in [0, 0.1) is 0 Å². The molecule has 21 heavy (non-hydrogen) atoms. The number of hydrogen-bond donors (Lipinski definition) is 2. The maximum absolute atomic E-state index is 14.7. The molecule has 3 N–H and O–H groups in total. The molecule has 0 heterocycles. The highest BCUT2D eigenvalue weighted by atomic mass is 19.1. The molecule has 3 heteroatoms. The standard InChI is InChI=1S/C18H22FNO/c19-17(12-20)18(9-7-16(21)8-10-18)15-6-5-13-3-1-2-4-14(13)11-15/h1-6,11,16-17,21H,7-10,12,20H2. The smallest absolute Gasteiger partial charge is 0.122 e. The number of halogens is 1. The number of aliphatic hydroxyl groups is 1. The predicted molar refractivity (Wildman–Crippen MR) is 84.1 cm³/mol. The van der Waals surface area contributed by atoms with Crippen LogP contribution in [-0.4, -0.2) is 23.9 Å². The van der Waals surface area contributed by atoms with Gasteiger partial charge < -0.3 is 10.8 Å². The summed E-state index contributed by atoms with van der Waals surface area (Å²) in [5, 5.41) is 12.1. The Hall–Kier alpha value is -1.45. The largest absolute Gasteiger partial charge is 0.393 e. The summed E-state index contributed by atoms with van der Waals surface area (Å²) in [6.07, 6.45) is 1.24. The zero-order valence-corrected chi connectivity index (χ0v) is 12.1. The molecule has 112 valence electrons. The lowest BCUT2D eigenvalue weighted by Crippen LogP contribution is -2.45. The van der Waals surface area contributed by atoms with E-state index in [0.29, 0.717) is 25.7 Å². The molecule has 1 saturated carbocycles. The van der Waals surface area contributed by atoms with Gasteiger partial charge in [0.15, 0.2) is 0 Å². The monoisotopic (exact) mass is 287 g/mol. The third-order valence-electron chi connectivity index (χ3n) is 4.98. The lowest BCUT2D eigenvalue weighted by atomic mass is 9.65. The first-order chi connectivity index (χ1) is 10.2. The van der Waals surface area contributed by atoms with Gasteiger partial charge in [-0.05, 0) is 42.0 Å². The molecule has 1 aliphatic carbocycles. The van der Waals surface area contributed by atoms with Gasteiger partial charge in [0.1, 0.15) is 6.17 Å². The quantitative estimate of drug-likeness (QED) is 0.909. The number of benzene rings is 2. The van der Waals surface area contributed by atoms with E-state index in [1.165, 1.54) is 0 Å². The summed E-state index contributed by atoms with van der Waals surface area (Å²) in [5.74, 6) is 0. The van der Waals surface area contributed by atoms with Gasteiger partial charge in [-0.3, -0.25) is 0 Å². The fourth-order valence-electron chi connectivity index (χ4n) is 3.63. The molecule has 0 amide bonds. The third-order valence-corrected chi connectivity index (χ3v) is 4.98. The van der Waals surface area contributed by atoms with Gasteiger partial charge >= 0.3 is 0 Å². The summed E-state index contributed by atoms with van der Waals surface area (Å²) in [6, 6.07) is 14.3. The number of fused-ring (bicyclic) bond motifs is 1. The Bertz CT molecular complexity index is 619. The highest BCUT2D eigenvalue weighted by Gasteiger charge is 2.43. The van der Waals surface area contributed by atoms with Crippen molar-refractivity contribution in [3.05, 3.63) is 48.0 Å². The molecule has 2 aromatic rings. The number of alkyl halides is 1. The third kappa shape index (κ3) is 2.56. The maximum Gasteiger partial charge on any atom is 0.122 e. The van der Waals surface area contributed by atoms with Crippen molar-refractivity contribution >= 4 is 10.8 Å². The second-order valence-corrected chi connectivity index (χ2v) is 6.15. The molecule has 0 bridgehead atoms. The molecule has 2 aromatic carbocycles. The zero-order chi connectivity index (χ0) is 14.9. The fourth-order valence-corrected chi connectivity index (χ4v) is 3.63. The number of rotatable bonds is 3. The number of nitrogens with two attached hydrogens (primary N) is 1. The second kappa shape index (κ2) is 5.74. The minimum atomic E-state index is -1.06. The van der Waals surface area contributed by atoms with E-state index in [1.807, 2.05) is 18.2 Å². The Balaban J connectivity index is 2.05. The van der Waals surface area contributed by atoms with Gasteiger partial charge in [-0.2, -0.15) is 0 Å². The van der Waals surface area contributed by atoms with Crippen LogP contribution in [0.3, 0.4) is 0 Å². The number of aliphatic hydroxyl groups excluding tert-OH is 1. The molecule has 1 unspecified atom stereocenters. The molecule has 0 saturated heterocycles. The van der Waals surface area contributed by atoms with Crippen molar-refractivity contribution < 1.29 is 9.50 Å². The average Bonchev–Trinajstić information content (AvgIpc) is 2.54. The van der Waals surface area contributed by atoms with Crippen LogP contribution in [0.2, 0.25) is 0 Å². The Labute approximate surface area is 124 Å². The summed E-state index contributed by atoms with van der Waals surface area (Å²) < 4.78 is 14.7. The van der Waals surface area contributed by atoms with Crippen LogP contribution in [0.5, 0.6) is 0 Å². The van der Waals surface area contributed by atoms with Gasteiger partial charge in [-0.25, -0.2) is 4.39 Å². The van der Waals surface area contributed by atoms with E-state index in [-0.39, 0.29) is 12.6 Å². The fraction of sp³-hybridized carbons (Fsp3) is 0.444. The van der Waals surface area contributed by atoms with Crippen LogP contribution in [0.25, 0.3) is 10.8 Å². The second-order valence-electron chi connectivity index (χ2n) is 6.15. The van der Waals surface area contributed by atoms with Gasteiger partial charge in [0, 0.05) is 12.0 Å². The first-order valence-corrected chi connectivity index (χ1v) is 7.67. The van der Waals surface area contributed by atoms with Crippen LogP contribution in [0.1, 0.15) is 31.2 Å². The topological polar surface area (TPSA) is 46.2 Å². The molecule has 2 nitrogen and oxygen atoms in total. The Kier molecular flexibility index (Phi) is 3.96. The van der Waals surface area contributed by atoms with Crippen molar-refractivity contribution in [3.8, 4) is 0 Å². The molecule has 1 atom stereocenters. The predicted octanol–water partition coefficient (Wildman–Crippen LogP) is 3.31. The van der Waals surface area contributed by atoms with Crippen molar-refractivity contribution in [3.63, 3.8) is 0 Å². The van der Waals surface area contributed by atoms with Crippen molar-refractivity contribution in [1.82, 2.24) is 0 Å². The van der Waals surface area contributed by atoms with Crippen LogP contribution in [-0.2, 0) is 5.41 Å². The van der Waals surface area contributed by atoms with E-state index in [4.69, 9.17) is 5.73 Å². The van der Waals surface area contributed by atoms with Gasteiger partial charge in [-0.1, -0.05) is 42.5 Å². The van der Waals surface area contributed by atoms with E-state index in [2.05, 4.69) is 24.3 Å². The lowest BCUT2D eigenvalue weighted by Gasteiger charge is -2.41. The summed E-state index contributed by atoms with van der Waals surface area (Å²) >= 11 is 0. The molecule has 1 aliphatic rings. The lowest BCUT2D eigenvalue weighted by molar-refractivity contribution is 0.0593. The Morgan fingerprint density at radius 3 is 2.48 bits per heavy atom. The summed E-state index contributed by atoms with van der Waals surface area (Å²) in [5.41, 5.74) is 6.11. The van der Waals surface area contributed by atoms with E-state index >= 15 is 0 Å². The zero-order valence-electron chi connectivity index (χ0n) is 12.1. The average molecular weight is 287 g/mol.